The second-order valence-electron chi connectivity index (χ2n) is 5.50. The number of nitro groups is 1. The number of hydrogen-bond donors (Lipinski definition) is 0. The third-order valence-corrected chi connectivity index (χ3v) is 3.68. The van der Waals surface area contributed by atoms with Crippen molar-refractivity contribution in [2.45, 2.75) is 26.7 Å². The number of non-ortho nitro benzene ring substituents is 1. The molecular formula is C18H19NO5. The van der Waals surface area contributed by atoms with Crippen molar-refractivity contribution in [3.05, 3.63) is 63.2 Å². The summed E-state index contributed by atoms with van der Waals surface area (Å²) >= 11 is 0. The van der Waals surface area contributed by atoms with Crippen molar-refractivity contribution >= 4 is 11.7 Å². The molecule has 0 saturated carbocycles. The fraction of sp³-hybridized carbons (Fsp3) is 0.278. The highest BCUT2D eigenvalue weighted by molar-refractivity contribution is 5.74. The van der Waals surface area contributed by atoms with Gasteiger partial charge in [-0.15, -0.1) is 0 Å². The fourth-order valence-corrected chi connectivity index (χ4v) is 2.40. The number of benzene rings is 2. The molecule has 0 heterocycles. The molecule has 0 amide bonds. The van der Waals surface area contributed by atoms with Crippen LogP contribution in [0.3, 0.4) is 0 Å². The lowest BCUT2D eigenvalue weighted by molar-refractivity contribution is -0.384. The van der Waals surface area contributed by atoms with Crippen LogP contribution in [0.2, 0.25) is 0 Å². The molecule has 0 aliphatic carbocycles. The van der Waals surface area contributed by atoms with Crippen molar-refractivity contribution in [2.24, 2.45) is 0 Å². The minimum atomic E-state index is -0.549. The highest BCUT2D eigenvalue weighted by atomic mass is 16.6. The Hall–Kier alpha value is -2.89. The van der Waals surface area contributed by atoms with Gasteiger partial charge in [0.1, 0.15) is 0 Å². The van der Waals surface area contributed by atoms with Crippen molar-refractivity contribution in [3.8, 4) is 11.5 Å². The first-order valence-electron chi connectivity index (χ1n) is 7.50. The van der Waals surface area contributed by atoms with E-state index in [0.29, 0.717) is 6.42 Å². The van der Waals surface area contributed by atoms with Crippen LogP contribution in [-0.4, -0.2) is 18.0 Å². The summed E-state index contributed by atoms with van der Waals surface area (Å²) in [5, 5.41) is 10.8. The van der Waals surface area contributed by atoms with Gasteiger partial charge in [0.25, 0.3) is 5.69 Å². The first kappa shape index (κ1) is 17.5. The number of rotatable bonds is 6. The molecule has 6 heteroatoms. The molecule has 0 unspecified atom stereocenters. The molecule has 0 atom stereocenters. The maximum atomic E-state index is 12.1. The van der Waals surface area contributed by atoms with Crippen LogP contribution in [0.4, 0.5) is 5.69 Å². The second-order valence-corrected chi connectivity index (χ2v) is 5.50. The van der Waals surface area contributed by atoms with E-state index in [1.54, 1.807) is 0 Å². The molecule has 24 heavy (non-hydrogen) atoms. The second kappa shape index (κ2) is 7.59. The highest BCUT2D eigenvalue weighted by Crippen LogP contribution is 2.31. The van der Waals surface area contributed by atoms with Crippen LogP contribution in [0.1, 0.15) is 23.1 Å². The van der Waals surface area contributed by atoms with E-state index in [0.717, 1.165) is 11.1 Å². The quantitative estimate of drug-likeness (QED) is 0.349. The van der Waals surface area contributed by atoms with Gasteiger partial charge in [-0.1, -0.05) is 23.8 Å². The summed E-state index contributed by atoms with van der Waals surface area (Å²) in [5.41, 5.74) is 3.20. The number of carbonyl (C=O) groups excluding carboxylic acids is 1. The number of nitro benzene ring substituents is 1. The van der Waals surface area contributed by atoms with Gasteiger partial charge < -0.3 is 9.47 Å². The summed E-state index contributed by atoms with van der Waals surface area (Å²) in [6.45, 7) is 4.01. The smallest absolute Gasteiger partial charge is 0.311 e. The van der Waals surface area contributed by atoms with Crippen LogP contribution in [-0.2, 0) is 11.2 Å². The average molecular weight is 329 g/mol. The predicted octanol–water partition coefficient (Wildman–Crippen LogP) is 3.76. The lowest BCUT2D eigenvalue weighted by atomic mass is 10.0. The monoisotopic (exact) mass is 329 g/mol. The summed E-state index contributed by atoms with van der Waals surface area (Å²) in [5.74, 6) is -0.133. The molecule has 2 aromatic rings. The lowest BCUT2D eigenvalue weighted by Crippen LogP contribution is -2.10. The van der Waals surface area contributed by atoms with Crippen LogP contribution in [0, 0.1) is 24.0 Å². The number of aryl methyl sites for hydroxylation is 3. The number of ether oxygens (including phenoxy) is 2. The van der Waals surface area contributed by atoms with E-state index in [9.17, 15) is 14.9 Å². The van der Waals surface area contributed by atoms with E-state index in [-0.39, 0.29) is 23.6 Å². The van der Waals surface area contributed by atoms with Gasteiger partial charge in [-0.3, -0.25) is 14.9 Å². The Bertz CT molecular complexity index is 770. The van der Waals surface area contributed by atoms with Crippen LogP contribution in [0.25, 0.3) is 0 Å². The standard InChI is InChI=1S/C18H19NO5/c1-12-4-5-14(13(2)10-12)6-9-18(20)24-17-11-15(19(21)22)7-8-16(17)23-3/h4-5,7-8,10-11H,6,9H2,1-3H3. The molecular weight excluding hydrogens is 310 g/mol. The first-order chi connectivity index (χ1) is 11.4. The number of hydrogen-bond acceptors (Lipinski definition) is 5. The molecule has 0 radical (unpaired) electrons. The van der Waals surface area contributed by atoms with Crippen molar-refractivity contribution in [1.29, 1.82) is 0 Å². The molecule has 0 aliphatic rings. The Kier molecular flexibility index (Phi) is 5.52. The fourth-order valence-electron chi connectivity index (χ4n) is 2.40. The molecule has 0 aliphatic heterocycles. The van der Waals surface area contributed by atoms with Crippen molar-refractivity contribution in [1.82, 2.24) is 0 Å². The van der Waals surface area contributed by atoms with Gasteiger partial charge in [-0.2, -0.15) is 0 Å². The molecule has 2 rings (SSSR count). The summed E-state index contributed by atoms with van der Waals surface area (Å²) in [7, 11) is 1.41. The first-order valence-corrected chi connectivity index (χ1v) is 7.50. The van der Waals surface area contributed by atoms with E-state index in [1.807, 2.05) is 26.0 Å². The van der Waals surface area contributed by atoms with Crippen molar-refractivity contribution in [2.75, 3.05) is 7.11 Å². The summed E-state index contributed by atoms with van der Waals surface area (Å²) in [4.78, 5) is 22.4. The SMILES string of the molecule is COc1ccc([N+](=O)[O-])cc1OC(=O)CCc1ccc(C)cc1C. The Morgan fingerprint density at radius 1 is 1.12 bits per heavy atom. The summed E-state index contributed by atoms with van der Waals surface area (Å²) in [6.07, 6.45) is 0.720. The molecule has 126 valence electrons. The predicted molar refractivity (Wildman–Crippen MR) is 89.5 cm³/mol. The minimum absolute atomic E-state index is 0.0531. The number of esters is 1. The van der Waals surface area contributed by atoms with Crippen LogP contribution < -0.4 is 9.47 Å². The van der Waals surface area contributed by atoms with Crippen molar-refractivity contribution in [3.63, 3.8) is 0 Å². The zero-order chi connectivity index (χ0) is 17.7. The number of carbonyl (C=O) groups is 1. The van der Waals surface area contributed by atoms with Gasteiger partial charge in [-0.05, 0) is 37.5 Å². The van der Waals surface area contributed by atoms with Gasteiger partial charge in [0.05, 0.1) is 18.1 Å². The third kappa shape index (κ3) is 4.32. The highest BCUT2D eigenvalue weighted by Gasteiger charge is 2.16. The molecule has 0 fully saturated rings. The van der Waals surface area contributed by atoms with Gasteiger partial charge >= 0.3 is 5.97 Å². The maximum absolute atomic E-state index is 12.1. The van der Waals surface area contributed by atoms with E-state index >= 15 is 0 Å². The minimum Gasteiger partial charge on any atom is -0.493 e. The zero-order valence-corrected chi connectivity index (χ0v) is 13.9. The Morgan fingerprint density at radius 2 is 1.88 bits per heavy atom. The lowest BCUT2D eigenvalue weighted by Gasteiger charge is -2.10. The van der Waals surface area contributed by atoms with Crippen molar-refractivity contribution < 1.29 is 19.2 Å². The summed E-state index contributed by atoms with van der Waals surface area (Å²) in [6, 6.07) is 9.94. The molecule has 0 aromatic heterocycles. The zero-order valence-electron chi connectivity index (χ0n) is 13.9. The van der Waals surface area contributed by atoms with E-state index in [2.05, 4.69) is 6.07 Å². The van der Waals surface area contributed by atoms with Gasteiger partial charge in [0.2, 0.25) is 0 Å². The topological polar surface area (TPSA) is 78.7 Å². The largest absolute Gasteiger partial charge is 0.493 e. The van der Waals surface area contributed by atoms with E-state index in [4.69, 9.17) is 9.47 Å². The molecule has 0 N–H and O–H groups in total. The van der Waals surface area contributed by atoms with Gasteiger partial charge in [0, 0.05) is 12.5 Å². The van der Waals surface area contributed by atoms with E-state index in [1.165, 1.54) is 30.9 Å². The van der Waals surface area contributed by atoms with Crippen LogP contribution >= 0.6 is 0 Å². The molecule has 0 spiro atoms. The number of methoxy groups -OCH3 is 1. The normalized spacial score (nSPS) is 10.3. The van der Waals surface area contributed by atoms with Crippen LogP contribution in [0.5, 0.6) is 11.5 Å². The van der Waals surface area contributed by atoms with Gasteiger partial charge in [0.15, 0.2) is 11.5 Å². The Balaban J connectivity index is 2.06. The average Bonchev–Trinajstić information content (AvgIpc) is 2.53. The number of nitrogens with zero attached hydrogens (tertiary/aromatic N) is 1. The molecule has 2 aromatic carbocycles. The maximum Gasteiger partial charge on any atom is 0.311 e. The van der Waals surface area contributed by atoms with Crippen LogP contribution in [0.15, 0.2) is 36.4 Å². The Labute approximate surface area is 140 Å². The third-order valence-electron chi connectivity index (χ3n) is 3.68. The molecule has 0 bridgehead atoms. The molecule has 0 saturated heterocycles. The van der Waals surface area contributed by atoms with Gasteiger partial charge in [-0.25, -0.2) is 0 Å². The Morgan fingerprint density at radius 3 is 2.50 bits per heavy atom. The summed E-state index contributed by atoms with van der Waals surface area (Å²) < 4.78 is 10.3. The van der Waals surface area contributed by atoms with E-state index < -0.39 is 10.9 Å². The molecule has 6 nitrogen and oxygen atoms in total.